The molecule has 0 bridgehead atoms. The van der Waals surface area contributed by atoms with Gasteiger partial charge in [-0.1, -0.05) is 0 Å². The van der Waals surface area contributed by atoms with E-state index in [-0.39, 0.29) is 5.91 Å². The maximum Gasteiger partial charge on any atom is 0.275 e. The number of carbonyl (C=O) groups excluding carboxylic acids is 1. The monoisotopic (exact) mass is 264 g/mol. The number of benzene rings is 1. The van der Waals surface area contributed by atoms with Crippen LogP contribution < -0.4 is 14.8 Å². The predicted molar refractivity (Wildman–Crippen MR) is 69.6 cm³/mol. The number of hydrogen-bond donors (Lipinski definition) is 1. The van der Waals surface area contributed by atoms with E-state index in [0.717, 1.165) is 0 Å². The molecule has 2 aromatic rings. The number of nitrogens with zero attached hydrogens (tertiary/aromatic N) is 1. The largest absolute Gasteiger partial charge is 0.497 e. The zero-order chi connectivity index (χ0) is 13.0. The van der Waals surface area contributed by atoms with E-state index in [9.17, 15) is 4.79 Å². The standard InChI is InChI=1S/C12H12N2O3S/c1-16-8-3-4-9(11(5-8)17-2)14-12(15)10-6-18-7-13-10/h3-7H,1-2H3,(H,14,15). The van der Waals surface area contributed by atoms with Crippen molar-refractivity contribution in [3.05, 3.63) is 34.8 Å². The van der Waals surface area contributed by atoms with Crippen LogP contribution in [0.25, 0.3) is 0 Å². The topological polar surface area (TPSA) is 60.5 Å². The van der Waals surface area contributed by atoms with E-state index in [4.69, 9.17) is 9.47 Å². The lowest BCUT2D eigenvalue weighted by Crippen LogP contribution is -2.12. The molecule has 1 aromatic heterocycles. The average Bonchev–Trinajstić information content (AvgIpc) is 2.93. The molecule has 1 amide bonds. The van der Waals surface area contributed by atoms with Gasteiger partial charge in [0.15, 0.2) is 0 Å². The van der Waals surface area contributed by atoms with Crippen molar-refractivity contribution < 1.29 is 14.3 Å². The first-order valence-corrected chi connectivity index (χ1v) is 6.10. The fourth-order valence-electron chi connectivity index (χ4n) is 1.41. The molecule has 2 rings (SSSR count). The zero-order valence-electron chi connectivity index (χ0n) is 9.97. The minimum atomic E-state index is -0.264. The summed E-state index contributed by atoms with van der Waals surface area (Å²) in [5, 5.41) is 4.43. The summed E-state index contributed by atoms with van der Waals surface area (Å²) in [6.45, 7) is 0. The summed E-state index contributed by atoms with van der Waals surface area (Å²) in [5.74, 6) is 0.941. The summed E-state index contributed by atoms with van der Waals surface area (Å²) < 4.78 is 10.3. The molecule has 18 heavy (non-hydrogen) atoms. The normalized spacial score (nSPS) is 9.89. The first-order valence-electron chi connectivity index (χ1n) is 5.16. The minimum Gasteiger partial charge on any atom is -0.497 e. The first-order chi connectivity index (χ1) is 8.74. The van der Waals surface area contributed by atoms with Crippen molar-refractivity contribution in [1.29, 1.82) is 0 Å². The molecule has 0 saturated carbocycles. The molecular formula is C12H12N2O3S. The third-order valence-electron chi connectivity index (χ3n) is 2.32. The van der Waals surface area contributed by atoms with Crippen LogP contribution in [0.15, 0.2) is 29.1 Å². The van der Waals surface area contributed by atoms with Crippen molar-refractivity contribution in [2.24, 2.45) is 0 Å². The Morgan fingerprint density at radius 1 is 1.33 bits per heavy atom. The number of anilines is 1. The van der Waals surface area contributed by atoms with Crippen LogP contribution in [0.3, 0.4) is 0 Å². The average molecular weight is 264 g/mol. The predicted octanol–water partition coefficient (Wildman–Crippen LogP) is 2.41. The number of thiazole rings is 1. The summed E-state index contributed by atoms with van der Waals surface area (Å²) in [7, 11) is 3.11. The maximum atomic E-state index is 11.8. The molecule has 0 spiro atoms. The molecule has 1 aromatic carbocycles. The SMILES string of the molecule is COc1ccc(NC(=O)c2cscn2)c(OC)c1. The Bertz CT molecular complexity index is 540. The Kier molecular flexibility index (Phi) is 3.78. The van der Waals surface area contributed by atoms with Gasteiger partial charge in [0.1, 0.15) is 17.2 Å². The Hall–Kier alpha value is -2.08. The Morgan fingerprint density at radius 2 is 2.17 bits per heavy atom. The van der Waals surface area contributed by atoms with Crippen LogP contribution in [0.5, 0.6) is 11.5 Å². The van der Waals surface area contributed by atoms with E-state index >= 15 is 0 Å². The molecule has 5 nitrogen and oxygen atoms in total. The second-order valence-corrected chi connectivity index (χ2v) is 4.11. The summed E-state index contributed by atoms with van der Waals surface area (Å²) in [4.78, 5) is 15.8. The van der Waals surface area contributed by atoms with Gasteiger partial charge in [-0.05, 0) is 12.1 Å². The van der Waals surface area contributed by atoms with E-state index < -0.39 is 0 Å². The fraction of sp³-hybridized carbons (Fsp3) is 0.167. The number of aromatic nitrogens is 1. The van der Waals surface area contributed by atoms with Gasteiger partial charge in [-0.2, -0.15) is 0 Å². The molecule has 0 atom stereocenters. The van der Waals surface area contributed by atoms with E-state index in [2.05, 4.69) is 10.3 Å². The second kappa shape index (κ2) is 5.50. The summed E-state index contributed by atoms with van der Waals surface area (Å²) in [6.07, 6.45) is 0. The fourth-order valence-corrected chi connectivity index (χ4v) is 1.94. The van der Waals surface area contributed by atoms with Gasteiger partial charge in [0, 0.05) is 11.4 Å². The molecular weight excluding hydrogens is 252 g/mol. The second-order valence-electron chi connectivity index (χ2n) is 3.39. The van der Waals surface area contributed by atoms with Gasteiger partial charge in [-0.25, -0.2) is 4.98 Å². The van der Waals surface area contributed by atoms with E-state index in [1.807, 2.05) is 0 Å². The molecule has 0 unspecified atom stereocenters. The lowest BCUT2D eigenvalue weighted by molar-refractivity contribution is 0.102. The molecule has 0 aliphatic heterocycles. The quantitative estimate of drug-likeness (QED) is 0.921. The van der Waals surface area contributed by atoms with E-state index in [1.54, 1.807) is 36.2 Å². The zero-order valence-corrected chi connectivity index (χ0v) is 10.8. The molecule has 0 aliphatic carbocycles. The van der Waals surface area contributed by atoms with E-state index in [0.29, 0.717) is 22.9 Å². The highest BCUT2D eigenvalue weighted by molar-refractivity contribution is 7.07. The highest BCUT2D eigenvalue weighted by Crippen LogP contribution is 2.29. The van der Waals surface area contributed by atoms with Gasteiger partial charge in [-0.3, -0.25) is 4.79 Å². The number of amides is 1. The molecule has 0 aliphatic rings. The van der Waals surface area contributed by atoms with Gasteiger partial charge in [0.25, 0.3) is 5.91 Å². The number of ether oxygens (including phenoxy) is 2. The van der Waals surface area contributed by atoms with Gasteiger partial charge in [0.2, 0.25) is 0 Å². The highest BCUT2D eigenvalue weighted by atomic mass is 32.1. The van der Waals surface area contributed by atoms with Crippen LogP contribution in [-0.4, -0.2) is 25.1 Å². The van der Waals surface area contributed by atoms with Gasteiger partial charge >= 0.3 is 0 Å². The number of rotatable bonds is 4. The summed E-state index contributed by atoms with van der Waals surface area (Å²) >= 11 is 1.37. The van der Waals surface area contributed by atoms with Crippen LogP contribution in [0.2, 0.25) is 0 Å². The van der Waals surface area contributed by atoms with Crippen molar-refractivity contribution in [2.75, 3.05) is 19.5 Å². The van der Waals surface area contributed by atoms with Crippen molar-refractivity contribution in [1.82, 2.24) is 4.98 Å². The summed E-state index contributed by atoms with van der Waals surface area (Å²) in [6, 6.07) is 5.18. The van der Waals surface area contributed by atoms with Gasteiger partial charge < -0.3 is 14.8 Å². The first kappa shape index (κ1) is 12.4. The minimum absolute atomic E-state index is 0.264. The number of nitrogens with one attached hydrogen (secondary N) is 1. The Morgan fingerprint density at radius 3 is 2.78 bits per heavy atom. The molecule has 0 fully saturated rings. The van der Waals surface area contributed by atoms with Crippen molar-refractivity contribution in [3.63, 3.8) is 0 Å². The highest BCUT2D eigenvalue weighted by Gasteiger charge is 2.11. The van der Waals surface area contributed by atoms with Crippen LogP contribution in [0, 0.1) is 0 Å². The van der Waals surface area contributed by atoms with Crippen LogP contribution >= 0.6 is 11.3 Å². The number of hydrogen-bond acceptors (Lipinski definition) is 5. The van der Waals surface area contributed by atoms with Crippen LogP contribution in [0.4, 0.5) is 5.69 Å². The third kappa shape index (κ3) is 2.60. The lowest BCUT2D eigenvalue weighted by Gasteiger charge is -2.10. The smallest absolute Gasteiger partial charge is 0.275 e. The van der Waals surface area contributed by atoms with E-state index in [1.165, 1.54) is 18.4 Å². The summed E-state index contributed by atoms with van der Waals surface area (Å²) in [5.41, 5.74) is 2.58. The molecule has 1 heterocycles. The Labute approximate surface area is 108 Å². The number of carbonyl (C=O) groups is 1. The van der Waals surface area contributed by atoms with Gasteiger partial charge in [-0.15, -0.1) is 11.3 Å². The van der Waals surface area contributed by atoms with Crippen LogP contribution in [-0.2, 0) is 0 Å². The molecule has 0 radical (unpaired) electrons. The third-order valence-corrected chi connectivity index (χ3v) is 2.91. The van der Waals surface area contributed by atoms with Crippen molar-refractivity contribution >= 4 is 22.9 Å². The maximum absolute atomic E-state index is 11.8. The molecule has 94 valence electrons. The molecule has 6 heteroatoms. The van der Waals surface area contributed by atoms with Crippen molar-refractivity contribution in [2.45, 2.75) is 0 Å². The van der Waals surface area contributed by atoms with Crippen molar-refractivity contribution in [3.8, 4) is 11.5 Å². The van der Waals surface area contributed by atoms with Gasteiger partial charge in [0.05, 0.1) is 25.4 Å². The lowest BCUT2D eigenvalue weighted by atomic mass is 10.2. The molecule has 0 saturated heterocycles. The molecule has 1 N–H and O–H groups in total. The van der Waals surface area contributed by atoms with Crippen LogP contribution in [0.1, 0.15) is 10.5 Å². The Balaban J connectivity index is 2.21. The number of methoxy groups -OCH3 is 2.